The molecule has 0 bridgehead atoms. The molecule has 2 aromatic heterocycles. The Balaban J connectivity index is 1.05. The molecule has 270 valence electrons. The summed E-state index contributed by atoms with van der Waals surface area (Å²) in [5.74, 6) is 1.46. The number of benzene rings is 2. The molecule has 4 aromatic rings. The van der Waals surface area contributed by atoms with Crippen LogP contribution in [-0.2, 0) is 57.6 Å². The molecule has 4 rings (SSSR count). The fourth-order valence-corrected chi connectivity index (χ4v) is 5.82. The SMILES string of the molecule is C[C@@](N)(CCc1ccc(CCCCCc2ccccc2)o1)COC(=O)C(=O)OC[C@](C)(N)CCc1ccc(CCCCCc2ccccc2)o1. The molecule has 2 atom stereocenters. The van der Waals surface area contributed by atoms with Gasteiger partial charge in [-0.05, 0) is 101 Å². The summed E-state index contributed by atoms with van der Waals surface area (Å²) < 4.78 is 22.4. The predicted octanol–water partition coefficient (Wildman–Crippen LogP) is 7.87. The molecule has 0 aliphatic heterocycles. The number of unbranched alkanes of at least 4 members (excludes halogenated alkanes) is 4. The van der Waals surface area contributed by atoms with E-state index in [-0.39, 0.29) is 13.2 Å². The van der Waals surface area contributed by atoms with E-state index in [2.05, 4.69) is 48.5 Å². The zero-order chi connectivity index (χ0) is 35.7. The standard InChI is InChI=1S/C42H56N2O6/c1-41(43,29-27-37-25-23-35(49-37)21-13-5-11-19-33-15-7-3-8-16-33)31-47-39(45)40(46)48-32-42(2,44)30-28-38-26-24-36(50-38)22-14-6-12-20-34-17-9-4-10-18-34/h3-4,7-10,15-18,23-26H,5-6,11-14,19-22,27-32,43-44H2,1-2H3/t41-,42-/m1/s1. The lowest BCUT2D eigenvalue weighted by Crippen LogP contribution is -2.45. The largest absolute Gasteiger partial charge is 0.466 e. The second kappa shape index (κ2) is 19.9. The molecule has 0 aliphatic rings. The molecule has 2 heterocycles. The fraction of sp³-hybridized carbons (Fsp3) is 0.476. The number of rotatable bonds is 22. The van der Waals surface area contributed by atoms with Gasteiger partial charge in [-0.15, -0.1) is 0 Å². The first-order valence-electron chi connectivity index (χ1n) is 18.2. The number of carbonyl (C=O) groups excluding carboxylic acids is 2. The van der Waals surface area contributed by atoms with Crippen LogP contribution in [0.25, 0.3) is 0 Å². The van der Waals surface area contributed by atoms with Gasteiger partial charge in [0.25, 0.3) is 0 Å². The van der Waals surface area contributed by atoms with Crippen LogP contribution >= 0.6 is 0 Å². The summed E-state index contributed by atoms with van der Waals surface area (Å²) in [5.41, 5.74) is 13.8. The average Bonchev–Trinajstić information content (AvgIpc) is 3.78. The number of aryl methyl sites for hydroxylation is 6. The summed E-state index contributed by atoms with van der Waals surface area (Å²) in [4.78, 5) is 24.7. The summed E-state index contributed by atoms with van der Waals surface area (Å²) in [6.45, 7) is 3.32. The van der Waals surface area contributed by atoms with E-state index >= 15 is 0 Å². The molecule has 8 nitrogen and oxygen atoms in total. The number of esters is 2. The number of ether oxygens (including phenoxy) is 2. The molecule has 0 aliphatic carbocycles. The second-order valence-corrected chi connectivity index (χ2v) is 14.3. The fourth-order valence-electron chi connectivity index (χ4n) is 5.82. The highest BCUT2D eigenvalue weighted by Crippen LogP contribution is 2.19. The number of furan rings is 2. The summed E-state index contributed by atoms with van der Waals surface area (Å²) in [6.07, 6.45) is 13.0. The van der Waals surface area contributed by atoms with E-state index in [1.807, 2.05) is 36.4 Å². The maximum atomic E-state index is 12.4. The van der Waals surface area contributed by atoms with Crippen molar-refractivity contribution >= 4 is 11.9 Å². The van der Waals surface area contributed by atoms with Gasteiger partial charge in [-0.25, -0.2) is 9.59 Å². The minimum absolute atomic E-state index is 0.121. The van der Waals surface area contributed by atoms with Gasteiger partial charge in [-0.1, -0.05) is 73.5 Å². The van der Waals surface area contributed by atoms with Crippen molar-refractivity contribution in [3.8, 4) is 0 Å². The predicted molar refractivity (Wildman–Crippen MR) is 197 cm³/mol. The molecule has 0 radical (unpaired) electrons. The summed E-state index contributed by atoms with van der Waals surface area (Å²) >= 11 is 0. The lowest BCUT2D eigenvalue weighted by Gasteiger charge is -2.25. The molecule has 2 aromatic carbocycles. The van der Waals surface area contributed by atoms with E-state index in [1.54, 1.807) is 13.8 Å². The lowest BCUT2D eigenvalue weighted by molar-refractivity contribution is -0.169. The third-order valence-corrected chi connectivity index (χ3v) is 9.02. The van der Waals surface area contributed by atoms with E-state index in [0.717, 1.165) is 87.2 Å². The second-order valence-electron chi connectivity index (χ2n) is 14.3. The maximum absolute atomic E-state index is 12.4. The molecule has 0 fully saturated rings. The minimum Gasteiger partial charge on any atom is -0.466 e. The zero-order valence-corrected chi connectivity index (χ0v) is 30.0. The van der Waals surface area contributed by atoms with E-state index < -0.39 is 23.0 Å². The molecular weight excluding hydrogens is 628 g/mol. The Morgan fingerprint density at radius 2 is 0.840 bits per heavy atom. The molecule has 4 N–H and O–H groups in total. The molecule has 50 heavy (non-hydrogen) atoms. The Morgan fingerprint density at radius 3 is 1.22 bits per heavy atom. The van der Waals surface area contributed by atoms with Crippen LogP contribution in [0.5, 0.6) is 0 Å². The van der Waals surface area contributed by atoms with Crippen LogP contribution in [0.3, 0.4) is 0 Å². The highest BCUT2D eigenvalue weighted by Gasteiger charge is 2.28. The Hall–Kier alpha value is -4.14. The quantitative estimate of drug-likeness (QED) is 0.0486. The van der Waals surface area contributed by atoms with Crippen LogP contribution in [0.2, 0.25) is 0 Å². The summed E-state index contributed by atoms with van der Waals surface area (Å²) in [6, 6.07) is 29.1. The van der Waals surface area contributed by atoms with Gasteiger partial charge in [0.05, 0.1) is 0 Å². The molecule has 0 unspecified atom stereocenters. The monoisotopic (exact) mass is 684 g/mol. The molecule has 8 heteroatoms. The van der Waals surface area contributed by atoms with E-state index in [0.29, 0.717) is 25.7 Å². The number of nitrogens with two attached hydrogens (primary N) is 2. The topological polar surface area (TPSA) is 131 Å². The molecule has 0 saturated heterocycles. The van der Waals surface area contributed by atoms with Crippen LogP contribution in [0, 0.1) is 0 Å². The van der Waals surface area contributed by atoms with Crippen molar-refractivity contribution in [3.63, 3.8) is 0 Å². The summed E-state index contributed by atoms with van der Waals surface area (Å²) in [5, 5.41) is 0. The van der Waals surface area contributed by atoms with E-state index in [9.17, 15) is 9.59 Å². The smallest absolute Gasteiger partial charge is 0.417 e. The number of hydrogen-bond acceptors (Lipinski definition) is 8. The first kappa shape index (κ1) is 38.7. The summed E-state index contributed by atoms with van der Waals surface area (Å²) in [7, 11) is 0. The van der Waals surface area contributed by atoms with Gasteiger partial charge in [0.1, 0.15) is 36.3 Å². The van der Waals surface area contributed by atoms with Gasteiger partial charge in [0.2, 0.25) is 0 Å². The Labute approximate surface area is 297 Å². The van der Waals surface area contributed by atoms with Crippen molar-refractivity contribution in [2.75, 3.05) is 13.2 Å². The highest BCUT2D eigenvalue weighted by molar-refractivity contribution is 6.29. The number of hydrogen-bond donors (Lipinski definition) is 2. The van der Waals surface area contributed by atoms with Crippen LogP contribution < -0.4 is 11.5 Å². The van der Waals surface area contributed by atoms with Crippen LogP contribution in [0.15, 0.2) is 93.8 Å². The molecule has 0 amide bonds. The van der Waals surface area contributed by atoms with Gasteiger partial charge >= 0.3 is 11.9 Å². The van der Waals surface area contributed by atoms with Crippen molar-refractivity contribution < 1.29 is 27.9 Å². The normalized spacial score (nSPS) is 13.8. The van der Waals surface area contributed by atoms with Crippen molar-refractivity contribution in [3.05, 3.63) is 119 Å². The van der Waals surface area contributed by atoms with Crippen LogP contribution in [0.1, 0.15) is 99.4 Å². The molecule has 0 saturated carbocycles. The van der Waals surface area contributed by atoms with Crippen molar-refractivity contribution in [1.29, 1.82) is 0 Å². The van der Waals surface area contributed by atoms with Crippen molar-refractivity contribution in [1.82, 2.24) is 0 Å². The highest BCUT2D eigenvalue weighted by atomic mass is 16.6. The molecule has 0 spiro atoms. The van der Waals surface area contributed by atoms with Crippen LogP contribution in [-0.4, -0.2) is 36.2 Å². The molecular formula is C42H56N2O6. The Morgan fingerprint density at radius 1 is 0.500 bits per heavy atom. The minimum atomic E-state index is -1.08. The van der Waals surface area contributed by atoms with Crippen molar-refractivity contribution in [2.24, 2.45) is 11.5 Å². The van der Waals surface area contributed by atoms with Gasteiger partial charge in [0.15, 0.2) is 0 Å². The third-order valence-electron chi connectivity index (χ3n) is 9.02. The maximum Gasteiger partial charge on any atom is 0.417 e. The third kappa shape index (κ3) is 14.8. The Kier molecular flexibility index (Phi) is 15.4. The van der Waals surface area contributed by atoms with Gasteiger partial charge in [-0.2, -0.15) is 0 Å². The Bertz CT molecular complexity index is 1440. The van der Waals surface area contributed by atoms with Crippen molar-refractivity contribution in [2.45, 2.75) is 115 Å². The van der Waals surface area contributed by atoms with Gasteiger partial charge in [-0.3, -0.25) is 0 Å². The average molecular weight is 685 g/mol. The zero-order valence-electron chi connectivity index (χ0n) is 30.0. The first-order valence-corrected chi connectivity index (χ1v) is 18.2. The van der Waals surface area contributed by atoms with E-state index in [4.69, 9.17) is 29.8 Å². The van der Waals surface area contributed by atoms with Gasteiger partial charge < -0.3 is 29.8 Å². The number of carbonyl (C=O) groups is 2. The first-order chi connectivity index (χ1) is 24.1. The lowest BCUT2D eigenvalue weighted by atomic mass is 9.97. The van der Waals surface area contributed by atoms with E-state index in [1.165, 1.54) is 11.1 Å². The van der Waals surface area contributed by atoms with Crippen LogP contribution in [0.4, 0.5) is 0 Å². The van der Waals surface area contributed by atoms with Gasteiger partial charge in [0, 0.05) is 36.8 Å².